The first-order valence-electron chi connectivity index (χ1n) is 7.59. The molecule has 0 aliphatic carbocycles. The lowest BCUT2D eigenvalue weighted by molar-refractivity contribution is 0.0728. The second-order valence-electron chi connectivity index (χ2n) is 5.29. The van der Waals surface area contributed by atoms with E-state index < -0.39 is 0 Å². The zero-order chi connectivity index (χ0) is 16.2. The summed E-state index contributed by atoms with van der Waals surface area (Å²) in [7, 11) is 0. The summed E-state index contributed by atoms with van der Waals surface area (Å²) >= 11 is 1.37. The highest BCUT2D eigenvalue weighted by Gasteiger charge is 2.17. The molecule has 0 spiro atoms. The second-order valence-corrected chi connectivity index (χ2v) is 6.24. The zero-order valence-electron chi connectivity index (χ0n) is 13.2. The fraction of sp³-hybridized carbons (Fsp3) is 0.222. The molecule has 5 heteroatoms. The highest BCUT2D eigenvalue weighted by molar-refractivity contribution is 7.12. The van der Waals surface area contributed by atoms with E-state index in [1.165, 1.54) is 11.3 Å². The van der Waals surface area contributed by atoms with E-state index in [1.54, 1.807) is 10.7 Å². The van der Waals surface area contributed by atoms with Gasteiger partial charge in [0.25, 0.3) is 0 Å². The van der Waals surface area contributed by atoms with Crippen LogP contribution in [0.2, 0.25) is 0 Å². The monoisotopic (exact) mass is 326 g/mol. The minimum absolute atomic E-state index is 0.349. The van der Waals surface area contributed by atoms with E-state index >= 15 is 0 Å². The Morgan fingerprint density at radius 2 is 2.09 bits per heavy atom. The maximum atomic E-state index is 12.3. The van der Waals surface area contributed by atoms with Gasteiger partial charge in [0.15, 0.2) is 0 Å². The third kappa shape index (κ3) is 3.35. The molecule has 3 rings (SSSR count). The van der Waals surface area contributed by atoms with Gasteiger partial charge in [0.1, 0.15) is 4.88 Å². The van der Waals surface area contributed by atoms with Crippen LogP contribution in [0.15, 0.2) is 47.8 Å². The first-order chi connectivity index (χ1) is 11.2. The number of carbonyl (C=O) groups is 1. The van der Waals surface area contributed by atoms with Crippen molar-refractivity contribution in [3.05, 3.63) is 64.0 Å². The number of nitrogens with zero attached hydrogens (tertiary/aromatic N) is 2. The molecule has 0 bridgehead atoms. The summed E-state index contributed by atoms with van der Waals surface area (Å²) in [5.41, 5.74) is 2.92. The van der Waals surface area contributed by atoms with Crippen LogP contribution in [0.4, 0.5) is 0 Å². The normalized spacial score (nSPS) is 10.7. The Kier molecular flexibility index (Phi) is 4.57. The van der Waals surface area contributed by atoms with Crippen molar-refractivity contribution in [1.82, 2.24) is 9.78 Å². The highest BCUT2D eigenvalue weighted by Crippen LogP contribution is 2.24. The van der Waals surface area contributed by atoms with Crippen molar-refractivity contribution < 1.29 is 9.53 Å². The molecule has 4 nitrogen and oxygen atoms in total. The number of ether oxygens (including phenoxy) is 1. The fourth-order valence-corrected chi connectivity index (χ4v) is 2.97. The van der Waals surface area contributed by atoms with Crippen LogP contribution in [0.25, 0.3) is 5.69 Å². The average molecular weight is 326 g/mol. The predicted octanol–water partition coefficient (Wildman–Crippen LogP) is 4.41. The van der Waals surface area contributed by atoms with Gasteiger partial charge in [-0.1, -0.05) is 37.6 Å². The number of hydrogen-bond donors (Lipinski definition) is 0. The van der Waals surface area contributed by atoms with Crippen LogP contribution in [-0.4, -0.2) is 15.7 Å². The highest BCUT2D eigenvalue weighted by atomic mass is 32.1. The molecule has 118 valence electrons. The maximum Gasteiger partial charge on any atom is 0.355 e. The number of hydrogen-bond acceptors (Lipinski definition) is 4. The smallest absolute Gasteiger partial charge is 0.355 e. The summed E-state index contributed by atoms with van der Waals surface area (Å²) in [6.07, 6.45) is 1.84. The molecule has 0 aliphatic heterocycles. The van der Waals surface area contributed by atoms with Crippen LogP contribution in [0.1, 0.15) is 34.3 Å². The maximum absolute atomic E-state index is 12.3. The molecule has 0 radical (unpaired) electrons. The van der Waals surface area contributed by atoms with Gasteiger partial charge in [-0.25, -0.2) is 9.48 Å². The number of benzene rings is 1. The molecule has 23 heavy (non-hydrogen) atoms. The van der Waals surface area contributed by atoms with Crippen molar-refractivity contribution in [1.29, 1.82) is 0 Å². The lowest BCUT2D eigenvalue weighted by Gasteiger charge is -2.09. The molecule has 0 saturated carbocycles. The Labute approximate surface area is 139 Å². The molecule has 1 aromatic carbocycles. The van der Waals surface area contributed by atoms with Crippen molar-refractivity contribution in [2.45, 2.75) is 26.7 Å². The summed E-state index contributed by atoms with van der Waals surface area (Å²) in [5, 5.41) is 6.47. The van der Waals surface area contributed by atoms with Gasteiger partial charge in [0, 0.05) is 6.07 Å². The number of thiophene rings is 1. The lowest BCUT2D eigenvalue weighted by atomic mass is 10.2. The van der Waals surface area contributed by atoms with Crippen molar-refractivity contribution in [3.8, 4) is 11.6 Å². The molecule has 0 aliphatic rings. The summed E-state index contributed by atoms with van der Waals surface area (Å²) in [5.74, 6) is 0.110. The van der Waals surface area contributed by atoms with Gasteiger partial charge < -0.3 is 4.74 Å². The number of rotatable bonds is 5. The summed E-state index contributed by atoms with van der Waals surface area (Å²) in [6, 6.07) is 13.4. The first-order valence-corrected chi connectivity index (χ1v) is 8.47. The molecule has 0 unspecified atom stereocenters. The molecule has 0 amide bonds. The Morgan fingerprint density at radius 1 is 1.26 bits per heavy atom. The predicted molar refractivity (Wildman–Crippen MR) is 91.6 cm³/mol. The number of aromatic nitrogens is 2. The third-order valence-electron chi connectivity index (χ3n) is 3.50. The number of para-hydroxylation sites is 1. The molecule has 0 saturated heterocycles. The van der Waals surface area contributed by atoms with Crippen molar-refractivity contribution in [2.75, 3.05) is 0 Å². The van der Waals surface area contributed by atoms with E-state index in [9.17, 15) is 4.79 Å². The Morgan fingerprint density at radius 3 is 2.78 bits per heavy atom. The van der Waals surface area contributed by atoms with E-state index in [2.05, 4.69) is 12.0 Å². The molecule has 2 aromatic heterocycles. The van der Waals surface area contributed by atoms with Gasteiger partial charge in [-0.15, -0.1) is 11.3 Å². The Hall–Kier alpha value is -2.40. The van der Waals surface area contributed by atoms with E-state index in [0.717, 1.165) is 29.8 Å². The summed E-state index contributed by atoms with van der Waals surface area (Å²) < 4.78 is 7.31. The van der Waals surface area contributed by atoms with Gasteiger partial charge in [-0.3, -0.25) is 0 Å². The number of esters is 1. The van der Waals surface area contributed by atoms with Crippen molar-refractivity contribution >= 4 is 17.3 Å². The molecule has 0 atom stereocenters. The van der Waals surface area contributed by atoms with Crippen LogP contribution >= 0.6 is 11.3 Å². The van der Waals surface area contributed by atoms with Gasteiger partial charge in [-0.05, 0) is 36.4 Å². The van der Waals surface area contributed by atoms with Crippen molar-refractivity contribution in [3.63, 3.8) is 0 Å². The largest absolute Gasteiger partial charge is 0.403 e. The second kappa shape index (κ2) is 6.79. The van der Waals surface area contributed by atoms with Crippen molar-refractivity contribution in [2.24, 2.45) is 0 Å². The quantitative estimate of drug-likeness (QED) is 0.652. The van der Waals surface area contributed by atoms with Crippen LogP contribution < -0.4 is 4.74 Å². The number of aryl methyl sites for hydroxylation is 2. The van der Waals surface area contributed by atoms with Crippen LogP contribution in [0.3, 0.4) is 0 Å². The van der Waals surface area contributed by atoms with Crippen LogP contribution in [0.5, 0.6) is 5.88 Å². The SMILES string of the molecule is CCCc1cc(OC(=O)c2cccs2)n(-c2ccccc2C)n1. The Bertz CT molecular complexity index is 806. The summed E-state index contributed by atoms with van der Waals surface area (Å²) in [6.45, 7) is 4.12. The topological polar surface area (TPSA) is 44.1 Å². The molecule has 3 aromatic rings. The first kappa shape index (κ1) is 15.5. The van der Waals surface area contributed by atoms with Crippen LogP contribution in [0, 0.1) is 6.92 Å². The standard InChI is InChI=1S/C18H18N2O2S/c1-3-7-14-12-17(22-18(21)16-10-6-11-23-16)20(19-14)15-9-5-4-8-13(15)2/h4-6,8-12H,3,7H2,1-2H3. The third-order valence-corrected chi connectivity index (χ3v) is 4.35. The van der Waals surface area contributed by atoms with Gasteiger partial charge >= 0.3 is 5.97 Å². The van der Waals surface area contributed by atoms with E-state index in [4.69, 9.17) is 4.74 Å². The van der Waals surface area contributed by atoms with Gasteiger partial charge in [-0.2, -0.15) is 5.10 Å². The Balaban J connectivity index is 1.98. The number of carbonyl (C=O) groups excluding carboxylic acids is 1. The molecular weight excluding hydrogens is 308 g/mol. The van der Waals surface area contributed by atoms with Gasteiger partial charge in [0.2, 0.25) is 5.88 Å². The zero-order valence-corrected chi connectivity index (χ0v) is 14.0. The molecule has 2 heterocycles. The fourth-order valence-electron chi connectivity index (χ4n) is 2.37. The average Bonchev–Trinajstić information content (AvgIpc) is 3.18. The molecular formula is C18H18N2O2S. The van der Waals surface area contributed by atoms with E-state index in [0.29, 0.717) is 10.8 Å². The molecule has 0 fully saturated rings. The van der Waals surface area contributed by atoms with Crippen LogP contribution in [-0.2, 0) is 6.42 Å². The minimum Gasteiger partial charge on any atom is -0.403 e. The minimum atomic E-state index is -0.349. The van der Waals surface area contributed by atoms with E-state index in [1.807, 2.05) is 48.7 Å². The van der Waals surface area contributed by atoms with Gasteiger partial charge in [0.05, 0.1) is 11.4 Å². The summed E-state index contributed by atoms with van der Waals surface area (Å²) in [4.78, 5) is 12.8. The lowest BCUT2D eigenvalue weighted by Crippen LogP contribution is -2.11. The molecule has 0 N–H and O–H groups in total. The van der Waals surface area contributed by atoms with E-state index in [-0.39, 0.29) is 5.97 Å².